The van der Waals surface area contributed by atoms with Gasteiger partial charge in [-0.1, -0.05) is 30.3 Å². The van der Waals surface area contributed by atoms with E-state index in [4.69, 9.17) is 0 Å². The number of aliphatic hydroxyl groups is 1. The van der Waals surface area contributed by atoms with Gasteiger partial charge in [0.15, 0.2) is 0 Å². The van der Waals surface area contributed by atoms with Crippen molar-refractivity contribution in [1.82, 2.24) is 19.8 Å². The number of benzene rings is 2. The standard InChI is InChI=1S/C22H24N4O3/c1-14-9-18-19(10-15(14)2)25(13-23-18)11-17(27)12-26-20(28)22(3,24-21(26)29)16-7-5-4-6-8-16/h4-10,13,17,27H,11-12H2,1-3H3,(H,24,29). The van der Waals surface area contributed by atoms with Crippen molar-refractivity contribution < 1.29 is 14.7 Å². The molecule has 0 saturated carbocycles. The largest absolute Gasteiger partial charge is 0.389 e. The van der Waals surface area contributed by atoms with Crippen LogP contribution in [0.2, 0.25) is 0 Å². The van der Waals surface area contributed by atoms with Crippen LogP contribution in [0.4, 0.5) is 4.79 Å². The van der Waals surface area contributed by atoms with Gasteiger partial charge in [0.05, 0.1) is 36.6 Å². The molecule has 2 heterocycles. The van der Waals surface area contributed by atoms with E-state index in [1.165, 1.54) is 0 Å². The monoisotopic (exact) mass is 392 g/mol. The van der Waals surface area contributed by atoms with Gasteiger partial charge in [-0.3, -0.25) is 9.69 Å². The third-order valence-corrected chi connectivity index (χ3v) is 5.66. The fraction of sp³-hybridized carbons (Fsp3) is 0.318. The molecule has 150 valence electrons. The summed E-state index contributed by atoms with van der Waals surface area (Å²) in [6.07, 6.45) is 0.758. The molecule has 3 aromatic rings. The minimum atomic E-state index is -1.13. The number of rotatable bonds is 5. The highest BCUT2D eigenvalue weighted by Crippen LogP contribution is 2.29. The molecular weight excluding hydrogens is 368 g/mol. The number of hydrogen-bond acceptors (Lipinski definition) is 4. The number of carbonyl (C=O) groups is 2. The summed E-state index contributed by atoms with van der Waals surface area (Å²) in [4.78, 5) is 30.9. The molecular formula is C22H24N4O3. The highest BCUT2D eigenvalue weighted by Gasteiger charge is 2.49. The quantitative estimate of drug-likeness (QED) is 0.653. The summed E-state index contributed by atoms with van der Waals surface area (Å²) in [6, 6.07) is 12.7. The summed E-state index contributed by atoms with van der Waals surface area (Å²) in [7, 11) is 0. The molecule has 0 bridgehead atoms. The first kappa shape index (κ1) is 19.1. The van der Waals surface area contributed by atoms with Gasteiger partial charge in [-0.15, -0.1) is 0 Å². The van der Waals surface area contributed by atoms with Crippen LogP contribution in [0.3, 0.4) is 0 Å². The number of fused-ring (bicyclic) bond motifs is 1. The molecule has 0 aliphatic carbocycles. The van der Waals surface area contributed by atoms with Crippen molar-refractivity contribution in [2.45, 2.75) is 39.0 Å². The highest BCUT2D eigenvalue weighted by molar-refractivity contribution is 6.07. The molecule has 1 saturated heterocycles. The summed E-state index contributed by atoms with van der Waals surface area (Å²) in [6.45, 7) is 5.89. The van der Waals surface area contributed by atoms with Gasteiger partial charge < -0.3 is 15.0 Å². The van der Waals surface area contributed by atoms with E-state index in [1.807, 2.05) is 48.7 Å². The topological polar surface area (TPSA) is 87.5 Å². The van der Waals surface area contributed by atoms with Gasteiger partial charge >= 0.3 is 6.03 Å². The van der Waals surface area contributed by atoms with E-state index < -0.39 is 17.7 Å². The van der Waals surface area contributed by atoms with Crippen molar-refractivity contribution in [3.05, 3.63) is 65.5 Å². The van der Waals surface area contributed by atoms with Crippen molar-refractivity contribution in [2.75, 3.05) is 6.54 Å². The van der Waals surface area contributed by atoms with E-state index in [0.29, 0.717) is 5.56 Å². The maximum atomic E-state index is 13.0. The zero-order valence-electron chi connectivity index (χ0n) is 16.7. The second-order valence-electron chi connectivity index (χ2n) is 7.81. The fourth-order valence-electron chi connectivity index (χ4n) is 3.78. The van der Waals surface area contributed by atoms with E-state index in [0.717, 1.165) is 27.1 Å². The third kappa shape index (κ3) is 3.27. The lowest BCUT2D eigenvalue weighted by Crippen LogP contribution is -2.42. The van der Waals surface area contributed by atoms with Crippen molar-refractivity contribution in [3.63, 3.8) is 0 Å². The molecule has 7 heteroatoms. The first-order valence-electron chi connectivity index (χ1n) is 9.59. The van der Waals surface area contributed by atoms with E-state index >= 15 is 0 Å². The molecule has 7 nitrogen and oxygen atoms in total. The summed E-state index contributed by atoms with van der Waals surface area (Å²) in [5.41, 5.74) is 3.64. The number of nitrogens with zero attached hydrogens (tertiary/aromatic N) is 3. The van der Waals surface area contributed by atoms with Crippen LogP contribution in [-0.2, 0) is 16.9 Å². The van der Waals surface area contributed by atoms with Crippen LogP contribution in [0.25, 0.3) is 11.0 Å². The SMILES string of the molecule is Cc1cc2ncn(CC(O)CN3C(=O)NC(C)(c4ccccc4)C3=O)c2cc1C. The second kappa shape index (κ2) is 7.00. The smallest absolute Gasteiger partial charge is 0.325 e. The van der Waals surface area contributed by atoms with Crippen LogP contribution < -0.4 is 5.32 Å². The lowest BCUT2D eigenvalue weighted by atomic mass is 9.92. The maximum absolute atomic E-state index is 13.0. The van der Waals surface area contributed by atoms with Crippen molar-refractivity contribution in [3.8, 4) is 0 Å². The first-order chi connectivity index (χ1) is 13.8. The average Bonchev–Trinajstić information content (AvgIpc) is 3.17. The maximum Gasteiger partial charge on any atom is 0.325 e. The highest BCUT2D eigenvalue weighted by atomic mass is 16.3. The molecule has 2 N–H and O–H groups in total. The minimum absolute atomic E-state index is 0.0857. The molecule has 1 aromatic heterocycles. The van der Waals surface area contributed by atoms with Gasteiger partial charge in [0.25, 0.3) is 5.91 Å². The number of aromatic nitrogens is 2. The van der Waals surface area contributed by atoms with E-state index in [-0.39, 0.29) is 19.0 Å². The Labute approximate surface area is 169 Å². The lowest BCUT2D eigenvalue weighted by Gasteiger charge is -2.23. The summed E-state index contributed by atoms with van der Waals surface area (Å²) in [5, 5.41) is 13.4. The number of aliphatic hydroxyl groups excluding tert-OH is 1. The van der Waals surface area contributed by atoms with Crippen LogP contribution in [0.15, 0.2) is 48.8 Å². The van der Waals surface area contributed by atoms with Crippen LogP contribution in [-0.4, -0.2) is 44.1 Å². The molecule has 0 spiro atoms. The third-order valence-electron chi connectivity index (χ3n) is 5.66. The molecule has 0 radical (unpaired) electrons. The van der Waals surface area contributed by atoms with Crippen LogP contribution in [0.1, 0.15) is 23.6 Å². The Balaban J connectivity index is 1.52. The average molecular weight is 392 g/mol. The van der Waals surface area contributed by atoms with Gasteiger partial charge in [-0.05, 0) is 49.6 Å². The van der Waals surface area contributed by atoms with Crippen LogP contribution in [0, 0.1) is 13.8 Å². The number of hydrogen-bond donors (Lipinski definition) is 2. The lowest BCUT2D eigenvalue weighted by molar-refractivity contribution is -0.132. The van der Waals surface area contributed by atoms with Crippen LogP contribution >= 0.6 is 0 Å². The zero-order chi connectivity index (χ0) is 20.8. The number of imidazole rings is 1. The number of β-amino-alcohol motifs (C(OH)–C–C–N with tert-alkyl or cyclic N) is 1. The number of nitrogens with one attached hydrogen (secondary N) is 1. The Hall–Kier alpha value is -3.19. The second-order valence-corrected chi connectivity index (χ2v) is 7.81. The molecule has 1 aliphatic heterocycles. The molecule has 1 aliphatic rings. The first-order valence-corrected chi connectivity index (χ1v) is 9.59. The molecule has 1 fully saturated rings. The molecule has 3 amide bonds. The van der Waals surface area contributed by atoms with Gasteiger partial charge in [-0.2, -0.15) is 0 Å². The van der Waals surface area contributed by atoms with Crippen LogP contribution in [0.5, 0.6) is 0 Å². The molecule has 2 atom stereocenters. The summed E-state index contributed by atoms with van der Waals surface area (Å²) < 4.78 is 1.85. The predicted molar refractivity (Wildman–Crippen MR) is 109 cm³/mol. The van der Waals surface area contributed by atoms with E-state index in [1.54, 1.807) is 25.4 Å². The van der Waals surface area contributed by atoms with Gasteiger partial charge in [-0.25, -0.2) is 9.78 Å². The fourth-order valence-corrected chi connectivity index (χ4v) is 3.78. The molecule has 2 aromatic carbocycles. The predicted octanol–water partition coefficient (Wildman–Crippen LogP) is 2.48. The Morgan fingerprint density at radius 3 is 2.52 bits per heavy atom. The Kier molecular flexibility index (Phi) is 4.62. The van der Waals surface area contributed by atoms with Crippen molar-refractivity contribution in [2.24, 2.45) is 0 Å². The van der Waals surface area contributed by atoms with Gasteiger partial charge in [0.2, 0.25) is 0 Å². The van der Waals surface area contributed by atoms with Gasteiger partial charge in [0, 0.05) is 0 Å². The number of carbonyl (C=O) groups excluding carboxylic acids is 2. The van der Waals surface area contributed by atoms with E-state index in [9.17, 15) is 14.7 Å². The van der Waals surface area contributed by atoms with Crippen molar-refractivity contribution in [1.29, 1.82) is 0 Å². The number of aryl methyl sites for hydroxylation is 2. The summed E-state index contributed by atoms with van der Waals surface area (Å²) in [5.74, 6) is -0.366. The van der Waals surface area contributed by atoms with Gasteiger partial charge in [0.1, 0.15) is 5.54 Å². The number of amides is 3. The Morgan fingerprint density at radius 1 is 1.10 bits per heavy atom. The number of urea groups is 1. The molecule has 2 unspecified atom stereocenters. The molecule has 29 heavy (non-hydrogen) atoms. The number of imide groups is 1. The minimum Gasteiger partial charge on any atom is -0.389 e. The normalized spacial score (nSPS) is 20.3. The summed E-state index contributed by atoms with van der Waals surface area (Å²) >= 11 is 0. The van der Waals surface area contributed by atoms with E-state index in [2.05, 4.69) is 10.3 Å². The zero-order valence-corrected chi connectivity index (χ0v) is 16.7. The Bertz CT molecular complexity index is 1090. The van der Waals surface area contributed by atoms with Crippen molar-refractivity contribution >= 4 is 23.0 Å². The Morgan fingerprint density at radius 2 is 1.79 bits per heavy atom. The molecule has 4 rings (SSSR count).